The first-order chi connectivity index (χ1) is 8.97. The molecule has 1 aromatic heterocycles. The molecule has 0 atom stereocenters. The molecule has 0 bridgehead atoms. The SMILES string of the molecule is CC(C)(C)c1nccc(C(=O)NC2CCCCC2)n1. The number of carbonyl (C=O) groups is 1. The first kappa shape index (κ1) is 14.0. The summed E-state index contributed by atoms with van der Waals surface area (Å²) in [7, 11) is 0. The number of hydrogen-bond acceptors (Lipinski definition) is 3. The van der Waals surface area contributed by atoms with Crippen molar-refractivity contribution in [2.75, 3.05) is 0 Å². The van der Waals surface area contributed by atoms with Crippen LogP contribution >= 0.6 is 0 Å². The molecule has 0 unspecified atom stereocenters. The van der Waals surface area contributed by atoms with Crippen LogP contribution in [0.4, 0.5) is 0 Å². The van der Waals surface area contributed by atoms with Gasteiger partial charge in [0.15, 0.2) is 0 Å². The van der Waals surface area contributed by atoms with Crippen molar-refractivity contribution in [1.29, 1.82) is 0 Å². The number of amides is 1. The molecule has 1 saturated carbocycles. The standard InChI is InChI=1S/C15H23N3O/c1-15(2,3)14-16-10-9-12(18-14)13(19)17-11-7-5-4-6-8-11/h9-11H,4-8H2,1-3H3,(H,17,19). The molecular formula is C15H23N3O. The van der Waals surface area contributed by atoms with E-state index in [4.69, 9.17) is 0 Å². The molecule has 2 rings (SSSR count). The molecule has 1 fully saturated rings. The largest absolute Gasteiger partial charge is 0.348 e. The molecule has 104 valence electrons. The van der Waals surface area contributed by atoms with Crippen LogP contribution in [0.25, 0.3) is 0 Å². The lowest BCUT2D eigenvalue weighted by molar-refractivity contribution is 0.0922. The second-order valence-corrected chi connectivity index (χ2v) is 6.32. The molecule has 1 aliphatic carbocycles. The summed E-state index contributed by atoms with van der Waals surface area (Å²) in [5, 5.41) is 3.08. The van der Waals surface area contributed by atoms with Crippen LogP contribution in [0, 0.1) is 0 Å². The second-order valence-electron chi connectivity index (χ2n) is 6.32. The average Bonchev–Trinajstić information content (AvgIpc) is 2.39. The summed E-state index contributed by atoms with van der Waals surface area (Å²) >= 11 is 0. The van der Waals surface area contributed by atoms with Gasteiger partial charge in [-0.2, -0.15) is 0 Å². The quantitative estimate of drug-likeness (QED) is 0.890. The monoisotopic (exact) mass is 261 g/mol. The molecule has 1 aliphatic rings. The predicted octanol–water partition coefficient (Wildman–Crippen LogP) is 2.84. The van der Waals surface area contributed by atoms with Crippen molar-refractivity contribution in [1.82, 2.24) is 15.3 Å². The van der Waals surface area contributed by atoms with Crippen molar-refractivity contribution in [3.63, 3.8) is 0 Å². The molecule has 4 nitrogen and oxygen atoms in total. The van der Waals surface area contributed by atoms with Crippen molar-refractivity contribution in [2.45, 2.75) is 64.3 Å². The number of rotatable bonds is 2. The molecule has 0 aromatic carbocycles. The third-order valence-corrected chi connectivity index (χ3v) is 3.50. The van der Waals surface area contributed by atoms with Crippen LogP contribution in [0.15, 0.2) is 12.3 Å². The lowest BCUT2D eigenvalue weighted by atomic mass is 9.95. The van der Waals surface area contributed by atoms with Gasteiger partial charge in [-0.15, -0.1) is 0 Å². The predicted molar refractivity (Wildman–Crippen MR) is 75.1 cm³/mol. The first-order valence-electron chi connectivity index (χ1n) is 7.11. The summed E-state index contributed by atoms with van der Waals surface area (Å²) in [5.41, 5.74) is 0.340. The number of nitrogens with one attached hydrogen (secondary N) is 1. The Morgan fingerprint density at radius 1 is 1.26 bits per heavy atom. The van der Waals surface area contributed by atoms with Gasteiger partial charge >= 0.3 is 0 Å². The molecule has 0 saturated heterocycles. The fourth-order valence-electron chi connectivity index (χ4n) is 2.35. The van der Waals surface area contributed by atoms with E-state index < -0.39 is 0 Å². The zero-order valence-electron chi connectivity index (χ0n) is 12.1. The Kier molecular flexibility index (Phi) is 4.17. The minimum atomic E-state index is -0.138. The third kappa shape index (κ3) is 3.75. The zero-order chi connectivity index (χ0) is 13.9. The van der Waals surface area contributed by atoms with Gasteiger partial charge < -0.3 is 5.32 Å². The van der Waals surface area contributed by atoms with Gasteiger partial charge in [-0.1, -0.05) is 40.0 Å². The van der Waals surface area contributed by atoms with Gasteiger partial charge in [-0.3, -0.25) is 4.79 Å². The highest BCUT2D eigenvalue weighted by molar-refractivity contribution is 5.92. The maximum absolute atomic E-state index is 12.2. The highest BCUT2D eigenvalue weighted by atomic mass is 16.1. The Bertz CT molecular complexity index is 445. The van der Waals surface area contributed by atoms with Crippen LogP contribution in [0.5, 0.6) is 0 Å². The molecule has 1 heterocycles. The van der Waals surface area contributed by atoms with Crippen molar-refractivity contribution in [3.8, 4) is 0 Å². The third-order valence-electron chi connectivity index (χ3n) is 3.50. The molecule has 1 N–H and O–H groups in total. The maximum Gasteiger partial charge on any atom is 0.270 e. The van der Waals surface area contributed by atoms with E-state index in [1.165, 1.54) is 19.3 Å². The van der Waals surface area contributed by atoms with Gasteiger partial charge in [0.1, 0.15) is 11.5 Å². The van der Waals surface area contributed by atoms with E-state index in [9.17, 15) is 4.79 Å². The van der Waals surface area contributed by atoms with Crippen LogP contribution in [-0.4, -0.2) is 21.9 Å². The molecular weight excluding hydrogens is 238 g/mol. The average molecular weight is 261 g/mol. The van der Waals surface area contributed by atoms with Gasteiger partial charge in [-0.25, -0.2) is 9.97 Å². The van der Waals surface area contributed by atoms with Gasteiger partial charge in [0.25, 0.3) is 5.91 Å². The number of hydrogen-bond donors (Lipinski definition) is 1. The molecule has 0 radical (unpaired) electrons. The van der Waals surface area contributed by atoms with Crippen LogP contribution < -0.4 is 5.32 Å². The Balaban J connectivity index is 2.06. The van der Waals surface area contributed by atoms with E-state index in [0.29, 0.717) is 17.6 Å². The summed E-state index contributed by atoms with van der Waals surface area (Å²) in [6, 6.07) is 2.00. The van der Waals surface area contributed by atoms with Gasteiger partial charge in [-0.05, 0) is 18.9 Å². The fourth-order valence-corrected chi connectivity index (χ4v) is 2.35. The van der Waals surface area contributed by atoms with E-state index in [0.717, 1.165) is 12.8 Å². The number of carbonyl (C=O) groups excluding carboxylic acids is 1. The lowest BCUT2D eigenvalue weighted by Crippen LogP contribution is -2.37. The highest BCUT2D eigenvalue weighted by Crippen LogP contribution is 2.19. The van der Waals surface area contributed by atoms with Crippen LogP contribution in [0.3, 0.4) is 0 Å². The van der Waals surface area contributed by atoms with E-state index >= 15 is 0 Å². The smallest absolute Gasteiger partial charge is 0.270 e. The Morgan fingerprint density at radius 2 is 1.95 bits per heavy atom. The number of aromatic nitrogens is 2. The summed E-state index contributed by atoms with van der Waals surface area (Å²) in [6.07, 6.45) is 7.55. The van der Waals surface area contributed by atoms with Crippen LogP contribution in [-0.2, 0) is 5.41 Å². The highest BCUT2D eigenvalue weighted by Gasteiger charge is 2.21. The first-order valence-corrected chi connectivity index (χ1v) is 7.11. The molecule has 0 aliphatic heterocycles. The minimum Gasteiger partial charge on any atom is -0.348 e. The van der Waals surface area contributed by atoms with Crippen molar-refractivity contribution in [2.24, 2.45) is 0 Å². The summed E-state index contributed by atoms with van der Waals surface area (Å²) in [4.78, 5) is 20.8. The molecule has 0 spiro atoms. The van der Waals surface area contributed by atoms with Crippen LogP contribution in [0.2, 0.25) is 0 Å². The normalized spacial score (nSPS) is 17.2. The fraction of sp³-hybridized carbons (Fsp3) is 0.667. The minimum absolute atomic E-state index is 0.0696. The van der Waals surface area contributed by atoms with Gasteiger partial charge in [0.05, 0.1) is 0 Å². The Morgan fingerprint density at radius 3 is 2.58 bits per heavy atom. The van der Waals surface area contributed by atoms with E-state index in [1.807, 2.05) is 20.8 Å². The van der Waals surface area contributed by atoms with Gasteiger partial charge in [0.2, 0.25) is 0 Å². The lowest BCUT2D eigenvalue weighted by Gasteiger charge is -2.23. The topological polar surface area (TPSA) is 54.9 Å². The molecule has 1 amide bonds. The van der Waals surface area contributed by atoms with Gasteiger partial charge in [0, 0.05) is 17.7 Å². The number of nitrogens with zero attached hydrogens (tertiary/aromatic N) is 2. The van der Waals surface area contributed by atoms with Crippen LogP contribution in [0.1, 0.15) is 69.2 Å². The summed E-state index contributed by atoms with van der Waals surface area (Å²) < 4.78 is 0. The second kappa shape index (κ2) is 5.68. The molecule has 1 aromatic rings. The summed E-state index contributed by atoms with van der Waals surface area (Å²) in [6.45, 7) is 6.14. The van der Waals surface area contributed by atoms with Crippen molar-refractivity contribution < 1.29 is 4.79 Å². The van der Waals surface area contributed by atoms with E-state index in [1.54, 1.807) is 12.3 Å². The van der Waals surface area contributed by atoms with Crippen molar-refractivity contribution >= 4 is 5.91 Å². The Hall–Kier alpha value is -1.45. The zero-order valence-corrected chi connectivity index (χ0v) is 12.1. The summed E-state index contributed by atoms with van der Waals surface area (Å²) in [5.74, 6) is 0.642. The van der Waals surface area contributed by atoms with Crippen molar-refractivity contribution in [3.05, 3.63) is 23.8 Å². The molecule has 4 heteroatoms. The Labute approximate surface area is 115 Å². The van der Waals surface area contributed by atoms with E-state index in [-0.39, 0.29) is 11.3 Å². The maximum atomic E-state index is 12.2. The van der Waals surface area contributed by atoms with E-state index in [2.05, 4.69) is 15.3 Å². The molecule has 19 heavy (non-hydrogen) atoms.